The van der Waals surface area contributed by atoms with E-state index in [4.69, 9.17) is 0 Å². The molecule has 0 fully saturated rings. The SMILES string of the molecule is CC(Sc1ncnc2sc(-c3ccccc3)cc12)C(=O)N1CCc2sccc2C1. The van der Waals surface area contributed by atoms with Gasteiger partial charge in [0, 0.05) is 28.2 Å². The molecule has 3 aromatic heterocycles. The molecule has 0 saturated carbocycles. The molecule has 1 aliphatic heterocycles. The van der Waals surface area contributed by atoms with Gasteiger partial charge in [-0.05, 0) is 42.0 Å². The van der Waals surface area contributed by atoms with E-state index in [1.54, 1.807) is 29.0 Å². The first-order valence-electron chi connectivity index (χ1n) is 9.49. The molecule has 1 aliphatic rings. The third-order valence-corrected chi connectivity index (χ3v) is 8.33. The molecule has 0 radical (unpaired) electrons. The molecule has 1 amide bonds. The van der Waals surface area contributed by atoms with Gasteiger partial charge < -0.3 is 4.90 Å². The van der Waals surface area contributed by atoms with E-state index in [0.29, 0.717) is 0 Å². The molecule has 0 bridgehead atoms. The molecule has 5 rings (SSSR count). The number of rotatable bonds is 4. The van der Waals surface area contributed by atoms with Crippen molar-refractivity contribution < 1.29 is 4.79 Å². The predicted octanol–water partition coefficient (Wildman–Crippen LogP) is 5.49. The van der Waals surface area contributed by atoms with Crippen LogP contribution in [0.3, 0.4) is 0 Å². The normalized spacial score (nSPS) is 14.7. The number of thioether (sulfide) groups is 1. The molecule has 4 aromatic rings. The maximum absolute atomic E-state index is 13.1. The summed E-state index contributed by atoms with van der Waals surface area (Å²) in [5, 5.41) is 3.84. The zero-order valence-corrected chi connectivity index (χ0v) is 18.3. The summed E-state index contributed by atoms with van der Waals surface area (Å²) < 4.78 is 0. The third-order valence-electron chi connectivity index (χ3n) is 5.11. The predicted molar refractivity (Wildman–Crippen MR) is 122 cm³/mol. The lowest BCUT2D eigenvalue weighted by atomic mass is 10.1. The number of hydrogen-bond acceptors (Lipinski definition) is 6. The lowest BCUT2D eigenvalue weighted by molar-refractivity contribution is -0.131. The average molecular weight is 438 g/mol. The van der Waals surface area contributed by atoms with E-state index in [1.165, 1.54) is 32.6 Å². The van der Waals surface area contributed by atoms with Crippen molar-refractivity contribution in [2.24, 2.45) is 0 Å². The standard InChI is InChI=1S/C22H19N3OS3/c1-14(22(26)25-9-7-18-16(12-25)8-10-27-18)28-20-17-11-19(15-5-3-2-4-6-15)29-21(17)24-13-23-20/h2-6,8,10-11,13-14H,7,9,12H2,1H3. The first-order chi connectivity index (χ1) is 14.2. The van der Waals surface area contributed by atoms with Crippen LogP contribution in [-0.2, 0) is 17.8 Å². The van der Waals surface area contributed by atoms with Crippen LogP contribution in [0.4, 0.5) is 0 Å². The van der Waals surface area contributed by atoms with Gasteiger partial charge in [-0.1, -0.05) is 42.1 Å². The zero-order valence-electron chi connectivity index (χ0n) is 15.9. The van der Waals surface area contributed by atoms with Gasteiger partial charge >= 0.3 is 0 Å². The second kappa shape index (κ2) is 7.89. The summed E-state index contributed by atoms with van der Waals surface area (Å²) in [5.41, 5.74) is 2.47. The summed E-state index contributed by atoms with van der Waals surface area (Å²) in [5.74, 6) is 0.178. The number of nitrogens with zero attached hydrogens (tertiary/aromatic N) is 3. The van der Waals surface area contributed by atoms with E-state index in [1.807, 2.05) is 30.0 Å². The summed E-state index contributed by atoms with van der Waals surface area (Å²) in [4.78, 5) is 27.5. The highest BCUT2D eigenvalue weighted by Crippen LogP contribution is 2.37. The summed E-state index contributed by atoms with van der Waals surface area (Å²) in [6.45, 7) is 3.50. The van der Waals surface area contributed by atoms with Crippen LogP contribution in [0.15, 0.2) is 59.2 Å². The van der Waals surface area contributed by atoms with Crippen molar-refractivity contribution in [2.45, 2.75) is 30.2 Å². The molecule has 1 atom stereocenters. The van der Waals surface area contributed by atoms with Crippen molar-refractivity contribution >= 4 is 50.6 Å². The molecule has 4 nitrogen and oxygen atoms in total. The van der Waals surface area contributed by atoms with Crippen molar-refractivity contribution in [2.75, 3.05) is 6.54 Å². The van der Waals surface area contributed by atoms with Gasteiger partial charge in [-0.25, -0.2) is 9.97 Å². The molecule has 0 spiro atoms. The van der Waals surface area contributed by atoms with Crippen LogP contribution >= 0.6 is 34.4 Å². The van der Waals surface area contributed by atoms with Gasteiger partial charge in [-0.3, -0.25) is 4.79 Å². The second-order valence-electron chi connectivity index (χ2n) is 7.01. The minimum Gasteiger partial charge on any atom is -0.337 e. The van der Waals surface area contributed by atoms with Crippen molar-refractivity contribution in [3.63, 3.8) is 0 Å². The lowest BCUT2D eigenvalue weighted by Gasteiger charge is -2.29. The fourth-order valence-electron chi connectivity index (χ4n) is 3.58. The van der Waals surface area contributed by atoms with Crippen LogP contribution in [-0.4, -0.2) is 32.6 Å². The molecular weight excluding hydrogens is 418 g/mol. The maximum atomic E-state index is 13.1. The third kappa shape index (κ3) is 3.70. The fourth-order valence-corrected chi connectivity index (χ4v) is 6.52. The van der Waals surface area contributed by atoms with Gasteiger partial charge in [-0.2, -0.15) is 0 Å². The van der Waals surface area contributed by atoms with Crippen molar-refractivity contribution in [1.82, 2.24) is 14.9 Å². The van der Waals surface area contributed by atoms with Gasteiger partial charge in [-0.15, -0.1) is 22.7 Å². The van der Waals surface area contributed by atoms with Crippen LogP contribution in [0.1, 0.15) is 17.4 Å². The maximum Gasteiger partial charge on any atom is 0.236 e. The summed E-state index contributed by atoms with van der Waals surface area (Å²) >= 11 is 4.99. The molecule has 4 heterocycles. The smallest absolute Gasteiger partial charge is 0.236 e. The lowest BCUT2D eigenvalue weighted by Crippen LogP contribution is -2.39. The van der Waals surface area contributed by atoms with E-state index >= 15 is 0 Å². The number of aromatic nitrogens is 2. The van der Waals surface area contributed by atoms with E-state index in [0.717, 1.165) is 34.8 Å². The van der Waals surface area contributed by atoms with E-state index in [-0.39, 0.29) is 11.2 Å². The Kier molecular flexibility index (Phi) is 5.11. The Morgan fingerprint density at radius 1 is 1.21 bits per heavy atom. The van der Waals surface area contributed by atoms with E-state index in [2.05, 4.69) is 39.6 Å². The Bertz CT molecular complexity index is 1170. The second-order valence-corrected chi connectivity index (χ2v) is 10.4. The van der Waals surface area contributed by atoms with Crippen LogP contribution < -0.4 is 0 Å². The topological polar surface area (TPSA) is 46.1 Å². The van der Waals surface area contributed by atoms with Gasteiger partial charge in [0.05, 0.1) is 5.25 Å². The van der Waals surface area contributed by atoms with Crippen molar-refractivity contribution in [1.29, 1.82) is 0 Å². The molecule has 29 heavy (non-hydrogen) atoms. The van der Waals surface area contributed by atoms with Crippen molar-refractivity contribution in [3.05, 3.63) is 64.6 Å². The number of carbonyl (C=O) groups excluding carboxylic acids is 1. The number of amides is 1. The molecule has 7 heteroatoms. The van der Waals surface area contributed by atoms with Crippen LogP contribution in [0.2, 0.25) is 0 Å². The minimum absolute atomic E-state index is 0.178. The quantitative estimate of drug-likeness (QED) is 0.313. The van der Waals surface area contributed by atoms with Crippen LogP contribution in [0.5, 0.6) is 0 Å². The van der Waals surface area contributed by atoms with Gasteiger partial charge in [0.1, 0.15) is 16.2 Å². The fraction of sp³-hybridized carbons (Fsp3) is 0.227. The molecule has 0 aliphatic carbocycles. The Hall–Kier alpha value is -2.22. The van der Waals surface area contributed by atoms with E-state index in [9.17, 15) is 4.79 Å². The highest BCUT2D eigenvalue weighted by molar-refractivity contribution is 8.00. The minimum atomic E-state index is -0.187. The Balaban J connectivity index is 1.37. The highest BCUT2D eigenvalue weighted by atomic mass is 32.2. The Labute approximate surface area is 181 Å². The number of thiophene rings is 2. The summed E-state index contributed by atoms with van der Waals surface area (Å²) in [7, 11) is 0. The largest absolute Gasteiger partial charge is 0.337 e. The summed E-state index contributed by atoms with van der Waals surface area (Å²) in [6.07, 6.45) is 2.56. The van der Waals surface area contributed by atoms with Crippen LogP contribution in [0, 0.1) is 0 Å². The van der Waals surface area contributed by atoms with Gasteiger partial charge in [0.2, 0.25) is 5.91 Å². The number of carbonyl (C=O) groups is 1. The molecule has 1 aromatic carbocycles. The van der Waals surface area contributed by atoms with Gasteiger partial charge in [0.25, 0.3) is 0 Å². The first-order valence-corrected chi connectivity index (χ1v) is 12.1. The molecule has 0 N–H and O–H groups in total. The summed E-state index contributed by atoms with van der Waals surface area (Å²) in [6, 6.07) is 14.6. The van der Waals surface area contributed by atoms with Crippen molar-refractivity contribution in [3.8, 4) is 10.4 Å². The molecule has 0 saturated heterocycles. The highest BCUT2D eigenvalue weighted by Gasteiger charge is 2.26. The van der Waals surface area contributed by atoms with E-state index < -0.39 is 0 Å². The Morgan fingerprint density at radius 2 is 2.07 bits per heavy atom. The number of fused-ring (bicyclic) bond motifs is 2. The Morgan fingerprint density at radius 3 is 2.93 bits per heavy atom. The monoisotopic (exact) mass is 437 g/mol. The van der Waals surface area contributed by atoms with Gasteiger partial charge in [0.15, 0.2) is 0 Å². The molecule has 1 unspecified atom stereocenters. The first kappa shape index (κ1) is 18.8. The van der Waals surface area contributed by atoms with Crippen LogP contribution in [0.25, 0.3) is 20.7 Å². The number of benzene rings is 1. The average Bonchev–Trinajstić information content (AvgIpc) is 3.40. The zero-order chi connectivity index (χ0) is 19.8. The number of hydrogen-bond donors (Lipinski definition) is 0. The molecule has 146 valence electrons. The molecular formula is C22H19N3OS3.